The van der Waals surface area contributed by atoms with Crippen LogP contribution in [0.15, 0.2) is 0 Å². The molecule has 0 spiro atoms. The molecule has 0 bridgehead atoms. The minimum Gasteiger partial charge on any atom is -0.479 e. The molecule has 0 aliphatic carbocycles. The van der Waals surface area contributed by atoms with Crippen LogP contribution in [0.2, 0.25) is 0 Å². The van der Waals surface area contributed by atoms with Crippen molar-refractivity contribution in [2.24, 2.45) is 0 Å². The molecular formula is C7H12O7. The van der Waals surface area contributed by atoms with E-state index in [9.17, 15) is 20.1 Å². The maximum atomic E-state index is 10.5. The van der Waals surface area contributed by atoms with Gasteiger partial charge in [0, 0.05) is 7.11 Å². The van der Waals surface area contributed by atoms with Gasteiger partial charge < -0.3 is 29.9 Å². The summed E-state index contributed by atoms with van der Waals surface area (Å²) in [6.07, 6.45) is -7.60. The second kappa shape index (κ2) is 4.20. The summed E-state index contributed by atoms with van der Waals surface area (Å²) in [6, 6.07) is 0. The first-order valence-corrected chi connectivity index (χ1v) is 3.94. The molecule has 1 heterocycles. The van der Waals surface area contributed by atoms with Gasteiger partial charge in [-0.2, -0.15) is 0 Å². The number of rotatable bonds is 2. The highest BCUT2D eigenvalue weighted by Crippen LogP contribution is 2.21. The molecule has 1 rings (SSSR count). The standard InChI is InChI=1S/C7H12O7/c1-13-7-4(10)2(8)3(9)5(14-7)6(11)12/h2-5,7-10H,1H3,(H,11,12)/t2?,3-,4?,5+,7+/m0/s1. The van der Waals surface area contributed by atoms with Crippen molar-refractivity contribution in [1.29, 1.82) is 0 Å². The zero-order chi connectivity index (χ0) is 10.9. The molecule has 7 heteroatoms. The molecule has 0 amide bonds. The number of hydrogen-bond acceptors (Lipinski definition) is 6. The van der Waals surface area contributed by atoms with Crippen molar-refractivity contribution >= 4 is 5.97 Å². The molecule has 0 radical (unpaired) electrons. The fourth-order valence-corrected chi connectivity index (χ4v) is 1.25. The number of carboxylic acids is 1. The van der Waals surface area contributed by atoms with Crippen LogP contribution >= 0.6 is 0 Å². The van der Waals surface area contributed by atoms with Gasteiger partial charge in [-0.15, -0.1) is 0 Å². The van der Waals surface area contributed by atoms with Crippen LogP contribution in [-0.4, -0.2) is 64.2 Å². The summed E-state index contributed by atoms with van der Waals surface area (Å²) in [4.78, 5) is 10.5. The predicted molar refractivity (Wildman–Crippen MR) is 41.3 cm³/mol. The third-order valence-electron chi connectivity index (χ3n) is 2.05. The number of ether oxygens (including phenoxy) is 2. The highest BCUT2D eigenvalue weighted by molar-refractivity contribution is 5.73. The topological polar surface area (TPSA) is 116 Å². The summed E-state index contributed by atoms with van der Waals surface area (Å²) < 4.78 is 9.31. The van der Waals surface area contributed by atoms with Gasteiger partial charge in [0.05, 0.1) is 0 Å². The Kier molecular flexibility index (Phi) is 3.40. The van der Waals surface area contributed by atoms with Gasteiger partial charge >= 0.3 is 5.97 Å². The van der Waals surface area contributed by atoms with Gasteiger partial charge in [-0.05, 0) is 0 Å². The Labute approximate surface area is 79.5 Å². The zero-order valence-corrected chi connectivity index (χ0v) is 7.40. The number of aliphatic carboxylic acids is 1. The highest BCUT2D eigenvalue weighted by atomic mass is 16.7. The predicted octanol–water partition coefficient (Wildman–Crippen LogP) is -2.47. The van der Waals surface area contributed by atoms with E-state index in [0.29, 0.717) is 0 Å². The number of carboxylic acid groups (broad SMARTS) is 1. The molecule has 0 aromatic rings. The van der Waals surface area contributed by atoms with Crippen LogP contribution in [0.5, 0.6) is 0 Å². The number of aliphatic hydroxyl groups excluding tert-OH is 3. The average molecular weight is 208 g/mol. The molecule has 7 nitrogen and oxygen atoms in total. The van der Waals surface area contributed by atoms with Crippen molar-refractivity contribution in [3.8, 4) is 0 Å². The molecule has 0 saturated carbocycles. The van der Waals surface area contributed by atoms with Gasteiger partial charge in [-0.3, -0.25) is 0 Å². The summed E-state index contributed by atoms with van der Waals surface area (Å²) in [5, 5.41) is 36.3. The van der Waals surface area contributed by atoms with Crippen LogP contribution in [0, 0.1) is 0 Å². The van der Waals surface area contributed by atoms with Crippen LogP contribution in [0.25, 0.3) is 0 Å². The number of hydrogen-bond donors (Lipinski definition) is 4. The van der Waals surface area contributed by atoms with E-state index in [1.54, 1.807) is 0 Å². The van der Waals surface area contributed by atoms with E-state index in [4.69, 9.17) is 9.84 Å². The van der Waals surface area contributed by atoms with Crippen molar-refractivity contribution in [1.82, 2.24) is 0 Å². The zero-order valence-electron chi connectivity index (χ0n) is 7.40. The Morgan fingerprint density at radius 2 is 1.79 bits per heavy atom. The molecule has 5 atom stereocenters. The van der Waals surface area contributed by atoms with Gasteiger partial charge in [0.25, 0.3) is 0 Å². The Balaban J connectivity index is 2.78. The molecular weight excluding hydrogens is 196 g/mol. The Morgan fingerprint density at radius 3 is 2.21 bits per heavy atom. The average Bonchev–Trinajstić information content (AvgIpc) is 2.14. The lowest BCUT2D eigenvalue weighted by atomic mass is 9.99. The molecule has 1 aliphatic heterocycles. The van der Waals surface area contributed by atoms with Crippen LogP contribution in [0.4, 0.5) is 0 Å². The first-order chi connectivity index (χ1) is 6.49. The van der Waals surface area contributed by atoms with Crippen molar-refractivity contribution < 1.29 is 34.7 Å². The van der Waals surface area contributed by atoms with Crippen LogP contribution in [0.1, 0.15) is 0 Å². The van der Waals surface area contributed by atoms with Crippen LogP contribution in [0.3, 0.4) is 0 Å². The molecule has 4 N–H and O–H groups in total. The number of carbonyl (C=O) groups is 1. The fraction of sp³-hybridized carbons (Fsp3) is 0.857. The molecule has 2 unspecified atom stereocenters. The summed E-state index contributed by atoms with van der Waals surface area (Å²) in [5.41, 5.74) is 0. The first-order valence-electron chi connectivity index (χ1n) is 3.94. The minimum absolute atomic E-state index is 1.19. The van der Waals surface area contributed by atoms with E-state index in [-0.39, 0.29) is 0 Å². The SMILES string of the molecule is CO[C@@H]1O[C@@H](C(=O)O)[C@@H](O)C(O)C1O. The van der Waals surface area contributed by atoms with E-state index < -0.39 is 36.7 Å². The lowest BCUT2D eigenvalue weighted by molar-refractivity contribution is -0.287. The van der Waals surface area contributed by atoms with Gasteiger partial charge in [-0.25, -0.2) is 4.79 Å². The maximum Gasteiger partial charge on any atom is 0.335 e. The smallest absolute Gasteiger partial charge is 0.335 e. The largest absolute Gasteiger partial charge is 0.479 e. The van der Waals surface area contributed by atoms with Crippen molar-refractivity contribution in [2.45, 2.75) is 30.7 Å². The van der Waals surface area contributed by atoms with Gasteiger partial charge in [-0.1, -0.05) is 0 Å². The van der Waals surface area contributed by atoms with E-state index in [1.807, 2.05) is 0 Å². The van der Waals surface area contributed by atoms with Crippen molar-refractivity contribution in [2.75, 3.05) is 7.11 Å². The van der Waals surface area contributed by atoms with Crippen molar-refractivity contribution in [3.05, 3.63) is 0 Å². The third-order valence-corrected chi connectivity index (χ3v) is 2.05. The van der Waals surface area contributed by atoms with E-state index in [0.717, 1.165) is 0 Å². The first kappa shape index (κ1) is 11.3. The number of methoxy groups -OCH3 is 1. The van der Waals surface area contributed by atoms with Crippen LogP contribution in [-0.2, 0) is 14.3 Å². The molecule has 0 aromatic heterocycles. The summed E-state index contributed by atoms with van der Waals surface area (Å²) in [7, 11) is 1.19. The number of aliphatic hydroxyl groups is 3. The minimum atomic E-state index is -1.67. The Hall–Kier alpha value is -0.730. The van der Waals surface area contributed by atoms with Gasteiger partial charge in [0.15, 0.2) is 12.4 Å². The highest BCUT2D eigenvalue weighted by Gasteiger charge is 2.46. The summed E-state index contributed by atoms with van der Waals surface area (Å²) in [5.74, 6) is -1.43. The van der Waals surface area contributed by atoms with Crippen LogP contribution < -0.4 is 0 Å². The lowest BCUT2D eigenvalue weighted by Gasteiger charge is -2.37. The van der Waals surface area contributed by atoms with Gasteiger partial charge in [0.2, 0.25) is 0 Å². The second-order valence-corrected chi connectivity index (χ2v) is 2.97. The van der Waals surface area contributed by atoms with E-state index >= 15 is 0 Å². The van der Waals surface area contributed by atoms with Gasteiger partial charge in [0.1, 0.15) is 18.3 Å². The van der Waals surface area contributed by atoms with Crippen molar-refractivity contribution in [3.63, 3.8) is 0 Å². The van der Waals surface area contributed by atoms with E-state index in [1.165, 1.54) is 7.11 Å². The third kappa shape index (κ3) is 1.86. The molecule has 1 saturated heterocycles. The molecule has 1 aliphatic rings. The molecule has 1 fully saturated rings. The molecule has 82 valence electrons. The summed E-state index contributed by atoms with van der Waals surface area (Å²) >= 11 is 0. The Morgan fingerprint density at radius 1 is 1.21 bits per heavy atom. The second-order valence-electron chi connectivity index (χ2n) is 2.97. The molecule has 0 aromatic carbocycles. The maximum absolute atomic E-state index is 10.5. The Bertz CT molecular complexity index is 216. The van der Waals surface area contributed by atoms with E-state index in [2.05, 4.69) is 4.74 Å². The quantitative estimate of drug-likeness (QED) is 0.397. The molecule has 14 heavy (non-hydrogen) atoms. The fourth-order valence-electron chi connectivity index (χ4n) is 1.25. The normalized spacial score (nSPS) is 43.6. The lowest BCUT2D eigenvalue weighted by Crippen LogP contribution is -2.60. The summed E-state index contributed by atoms with van der Waals surface area (Å²) in [6.45, 7) is 0. The monoisotopic (exact) mass is 208 g/mol.